The van der Waals surface area contributed by atoms with E-state index in [4.69, 9.17) is 4.74 Å². The van der Waals surface area contributed by atoms with Gasteiger partial charge in [0.05, 0.1) is 19.3 Å². The van der Waals surface area contributed by atoms with Crippen LogP contribution in [0.5, 0.6) is 0 Å². The fourth-order valence-corrected chi connectivity index (χ4v) is 3.53. The molecule has 0 unspecified atom stereocenters. The number of aromatic nitrogens is 2. The van der Waals surface area contributed by atoms with E-state index >= 15 is 0 Å². The summed E-state index contributed by atoms with van der Waals surface area (Å²) in [6.45, 7) is 5.96. The number of hydrogen-bond acceptors (Lipinski definition) is 6. The van der Waals surface area contributed by atoms with Crippen molar-refractivity contribution in [3.63, 3.8) is 0 Å². The summed E-state index contributed by atoms with van der Waals surface area (Å²) in [5, 5.41) is 13.8. The summed E-state index contributed by atoms with van der Waals surface area (Å²) in [5.74, 6) is -0.400. The van der Waals surface area contributed by atoms with E-state index in [0.29, 0.717) is 17.7 Å². The summed E-state index contributed by atoms with van der Waals surface area (Å²) in [6, 6.07) is 3.73. The Morgan fingerprint density at radius 2 is 2.12 bits per heavy atom. The first kappa shape index (κ1) is 17.9. The first-order chi connectivity index (χ1) is 11.5. The van der Waals surface area contributed by atoms with E-state index in [2.05, 4.69) is 5.10 Å². The van der Waals surface area contributed by atoms with Gasteiger partial charge in [0.25, 0.3) is 5.56 Å². The summed E-state index contributed by atoms with van der Waals surface area (Å²) in [5.41, 5.74) is 2.07. The van der Waals surface area contributed by atoms with Crippen molar-refractivity contribution >= 4 is 17.3 Å². The summed E-state index contributed by atoms with van der Waals surface area (Å²) in [6.07, 6.45) is 1.24. The molecule has 0 N–H and O–H groups in total. The van der Waals surface area contributed by atoms with Gasteiger partial charge in [0.1, 0.15) is 16.5 Å². The molecule has 24 heavy (non-hydrogen) atoms. The van der Waals surface area contributed by atoms with Crippen LogP contribution >= 0.6 is 11.3 Å². The van der Waals surface area contributed by atoms with Gasteiger partial charge in [0, 0.05) is 4.88 Å². The maximum absolute atomic E-state index is 12.6. The average molecular weight is 345 g/mol. The van der Waals surface area contributed by atoms with Crippen LogP contribution in [0.2, 0.25) is 0 Å². The third-order valence-electron chi connectivity index (χ3n) is 3.87. The Labute approximate surface area is 144 Å². The highest BCUT2D eigenvalue weighted by molar-refractivity contribution is 7.14. The molecule has 2 rings (SSSR count). The van der Waals surface area contributed by atoms with Crippen LogP contribution in [0.4, 0.5) is 0 Å². The Morgan fingerprint density at radius 3 is 2.67 bits per heavy atom. The number of carbonyl (C=O) groups is 1. The van der Waals surface area contributed by atoms with Crippen molar-refractivity contribution in [2.24, 2.45) is 0 Å². The Hall–Kier alpha value is -2.46. The second kappa shape index (κ2) is 7.41. The number of ether oxygens (including phenoxy) is 1. The smallest absolute Gasteiger partial charge is 0.348 e. The first-order valence-corrected chi connectivity index (χ1v) is 8.48. The van der Waals surface area contributed by atoms with Gasteiger partial charge < -0.3 is 4.74 Å². The lowest BCUT2D eigenvalue weighted by molar-refractivity contribution is 0.0606. The van der Waals surface area contributed by atoms with E-state index in [0.717, 1.165) is 21.7 Å². The van der Waals surface area contributed by atoms with Crippen LogP contribution in [0, 0.1) is 18.3 Å². The van der Waals surface area contributed by atoms with Crippen LogP contribution in [0.3, 0.4) is 0 Å². The molecule has 2 heterocycles. The van der Waals surface area contributed by atoms with Gasteiger partial charge in [-0.1, -0.05) is 13.8 Å². The molecule has 0 amide bonds. The number of thiophene rings is 1. The third kappa shape index (κ3) is 3.24. The number of nitrogens with zero attached hydrogens (tertiary/aromatic N) is 3. The fourth-order valence-electron chi connectivity index (χ4n) is 2.58. The Bertz CT molecular complexity index is 874. The average Bonchev–Trinajstić information content (AvgIpc) is 2.95. The van der Waals surface area contributed by atoms with E-state index in [1.807, 2.05) is 26.8 Å². The zero-order valence-corrected chi connectivity index (χ0v) is 15.0. The molecule has 0 aliphatic rings. The second-order valence-electron chi connectivity index (χ2n) is 5.27. The van der Waals surface area contributed by atoms with E-state index in [1.165, 1.54) is 23.1 Å². The standard InChI is InChI=1S/C17H19N3O3S/c1-5-12-13(8-18)16(21)20(19-14(12)6-2)9-11-7-15(17(22)23-4)24-10(11)3/h7H,5-6,9H2,1-4H3. The minimum absolute atomic E-state index is 0.158. The molecule has 0 bridgehead atoms. The summed E-state index contributed by atoms with van der Waals surface area (Å²) < 4.78 is 6.04. The molecule has 2 aromatic rings. The molecule has 0 fully saturated rings. The highest BCUT2D eigenvalue weighted by atomic mass is 32.1. The molecule has 6 nitrogen and oxygen atoms in total. The molecular formula is C17H19N3O3S. The normalized spacial score (nSPS) is 10.5. The number of esters is 1. The van der Waals surface area contributed by atoms with Crippen LogP contribution in [-0.4, -0.2) is 22.9 Å². The number of hydrogen-bond donors (Lipinski definition) is 0. The van der Waals surface area contributed by atoms with Crippen LogP contribution in [0.15, 0.2) is 10.9 Å². The Morgan fingerprint density at radius 1 is 1.42 bits per heavy atom. The van der Waals surface area contributed by atoms with E-state index in [-0.39, 0.29) is 12.1 Å². The molecule has 0 aliphatic heterocycles. The molecule has 0 saturated carbocycles. The lowest BCUT2D eigenvalue weighted by Gasteiger charge is -2.11. The van der Waals surface area contributed by atoms with Crippen molar-refractivity contribution in [2.75, 3.05) is 7.11 Å². The van der Waals surface area contributed by atoms with Gasteiger partial charge >= 0.3 is 5.97 Å². The minimum atomic E-state index is -0.400. The van der Waals surface area contributed by atoms with E-state index in [1.54, 1.807) is 6.07 Å². The molecule has 0 radical (unpaired) electrons. The van der Waals surface area contributed by atoms with Gasteiger partial charge in [-0.15, -0.1) is 11.3 Å². The topological polar surface area (TPSA) is 85.0 Å². The van der Waals surface area contributed by atoms with Crippen LogP contribution < -0.4 is 5.56 Å². The van der Waals surface area contributed by atoms with Crippen molar-refractivity contribution in [2.45, 2.75) is 40.2 Å². The molecule has 7 heteroatoms. The van der Waals surface area contributed by atoms with E-state index < -0.39 is 11.5 Å². The fraction of sp³-hybridized carbons (Fsp3) is 0.412. The molecule has 0 saturated heterocycles. The minimum Gasteiger partial charge on any atom is -0.465 e. The van der Waals surface area contributed by atoms with Crippen molar-refractivity contribution in [1.82, 2.24) is 9.78 Å². The Kier molecular flexibility index (Phi) is 5.52. The second-order valence-corrected chi connectivity index (χ2v) is 6.52. The zero-order chi connectivity index (χ0) is 17.9. The molecular weight excluding hydrogens is 326 g/mol. The van der Waals surface area contributed by atoms with Crippen molar-refractivity contribution < 1.29 is 9.53 Å². The van der Waals surface area contributed by atoms with Gasteiger partial charge in [0.15, 0.2) is 0 Å². The summed E-state index contributed by atoms with van der Waals surface area (Å²) in [4.78, 5) is 25.6. The molecule has 0 spiro atoms. The molecule has 0 atom stereocenters. The number of nitriles is 1. The quantitative estimate of drug-likeness (QED) is 0.777. The largest absolute Gasteiger partial charge is 0.465 e. The number of methoxy groups -OCH3 is 1. The molecule has 0 aliphatic carbocycles. The maximum Gasteiger partial charge on any atom is 0.348 e. The van der Waals surface area contributed by atoms with Gasteiger partial charge in [-0.3, -0.25) is 4.79 Å². The molecule has 0 aromatic carbocycles. The first-order valence-electron chi connectivity index (χ1n) is 7.67. The molecule has 2 aromatic heterocycles. The predicted molar refractivity (Wildman–Crippen MR) is 91.5 cm³/mol. The van der Waals surface area contributed by atoms with Crippen molar-refractivity contribution in [3.8, 4) is 6.07 Å². The Balaban J connectivity index is 2.51. The summed E-state index contributed by atoms with van der Waals surface area (Å²) in [7, 11) is 1.33. The lowest BCUT2D eigenvalue weighted by Crippen LogP contribution is -2.29. The SMILES string of the molecule is CCc1nn(Cc2cc(C(=O)OC)sc2C)c(=O)c(C#N)c1CC. The van der Waals surface area contributed by atoms with Crippen molar-refractivity contribution in [1.29, 1.82) is 5.26 Å². The summed E-state index contributed by atoms with van der Waals surface area (Å²) >= 11 is 1.32. The molecule has 126 valence electrons. The van der Waals surface area contributed by atoms with Crippen molar-refractivity contribution in [3.05, 3.63) is 48.6 Å². The number of aryl methyl sites for hydroxylation is 2. The monoisotopic (exact) mass is 345 g/mol. The van der Waals surface area contributed by atoms with Gasteiger partial charge in [-0.05, 0) is 37.0 Å². The maximum atomic E-state index is 12.6. The zero-order valence-electron chi connectivity index (χ0n) is 14.2. The highest BCUT2D eigenvalue weighted by Crippen LogP contribution is 2.23. The lowest BCUT2D eigenvalue weighted by atomic mass is 10.0. The van der Waals surface area contributed by atoms with Gasteiger partial charge in [-0.2, -0.15) is 10.4 Å². The van der Waals surface area contributed by atoms with Gasteiger partial charge in [0.2, 0.25) is 0 Å². The number of rotatable bonds is 5. The highest BCUT2D eigenvalue weighted by Gasteiger charge is 2.18. The van der Waals surface area contributed by atoms with Gasteiger partial charge in [-0.25, -0.2) is 9.48 Å². The van der Waals surface area contributed by atoms with E-state index in [9.17, 15) is 14.9 Å². The number of carbonyl (C=O) groups excluding carboxylic acids is 1. The third-order valence-corrected chi connectivity index (χ3v) is 4.94. The van der Waals surface area contributed by atoms with Crippen LogP contribution in [0.25, 0.3) is 0 Å². The predicted octanol–water partition coefficient (Wildman–Crippen LogP) is 2.44. The van der Waals surface area contributed by atoms with Crippen LogP contribution in [-0.2, 0) is 24.1 Å². The van der Waals surface area contributed by atoms with Crippen LogP contribution in [0.1, 0.15) is 50.8 Å².